The lowest BCUT2D eigenvalue weighted by Gasteiger charge is -2.55. The zero-order chi connectivity index (χ0) is 27.8. The Balaban J connectivity index is 1.34. The largest absolute Gasteiger partial charge is 0.476 e. The Hall–Kier alpha value is -3.27. The predicted octanol–water partition coefficient (Wildman–Crippen LogP) is 3.47. The van der Waals surface area contributed by atoms with E-state index in [1.54, 1.807) is 10.6 Å². The summed E-state index contributed by atoms with van der Waals surface area (Å²) in [6.45, 7) is -0.459. The third-order valence-electron chi connectivity index (χ3n) is 9.75. The van der Waals surface area contributed by atoms with E-state index in [-0.39, 0.29) is 11.7 Å². The van der Waals surface area contributed by atoms with Crippen LogP contribution in [0, 0.1) is 11.8 Å². The van der Waals surface area contributed by atoms with Crippen molar-refractivity contribution in [2.24, 2.45) is 17.0 Å². The summed E-state index contributed by atoms with van der Waals surface area (Å²) in [5, 5.41) is 16.0. The van der Waals surface area contributed by atoms with Gasteiger partial charge in [0.1, 0.15) is 0 Å². The van der Waals surface area contributed by atoms with Gasteiger partial charge in [-0.3, -0.25) is 14.5 Å². The Morgan fingerprint density at radius 3 is 2.33 bits per heavy atom. The van der Waals surface area contributed by atoms with Crippen molar-refractivity contribution >= 4 is 28.6 Å². The second-order valence-electron chi connectivity index (χ2n) is 12.2. The SMILES string of the molecule is CNC(=O)CO/N=C(\C(=O)O)c1nc2ccccc2n(C2C[C@H]3CCC[C@@H](C2)N3C2CC3CCCC(C3)C2)c1=O. The van der Waals surface area contributed by atoms with Gasteiger partial charge in [0.15, 0.2) is 12.3 Å². The van der Waals surface area contributed by atoms with Crippen molar-refractivity contribution in [2.45, 2.75) is 94.8 Å². The number of oxime groups is 1. The second-order valence-corrected chi connectivity index (χ2v) is 12.2. The van der Waals surface area contributed by atoms with Crippen molar-refractivity contribution < 1.29 is 19.5 Å². The molecule has 1 aromatic heterocycles. The number of nitrogens with zero attached hydrogens (tertiary/aromatic N) is 4. The molecular weight excluding hydrogens is 510 g/mol. The lowest BCUT2D eigenvalue weighted by atomic mass is 9.68. The van der Waals surface area contributed by atoms with Gasteiger partial charge in [0.2, 0.25) is 5.71 Å². The van der Waals surface area contributed by atoms with Crippen molar-refractivity contribution in [1.82, 2.24) is 19.8 Å². The first-order chi connectivity index (χ1) is 19.4. The van der Waals surface area contributed by atoms with Gasteiger partial charge in [-0.25, -0.2) is 9.78 Å². The number of nitrogens with one attached hydrogen (secondary N) is 1. The highest BCUT2D eigenvalue weighted by atomic mass is 16.6. The summed E-state index contributed by atoms with van der Waals surface area (Å²) < 4.78 is 1.77. The van der Waals surface area contributed by atoms with Crippen LogP contribution < -0.4 is 10.9 Å². The van der Waals surface area contributed by atoms with Crippen LogP contribution >= 0.6 is 0 Å². The minimum Gasteiger partial charge on any atom is -0.476 e. The number of fused-ring (bicyclic) bond motifs is 5. The number of amides is 1. The summed E-state index contributed by atoms with van der Waals surface area (Å²) in [6, 6.07) is 8.81. The van der Waals surface area contributed by atoms with Gasteiger partial charge in [-0.15, -0.1) is 0 Å². The maximum Gasteiger partial charge on any atom is 0.360 e. The van der Waals surface area contributed by atoms with Crippen molar-refractivity contribution in [1.29, 1.82) is 0 Å². The number of likely N-dealkylation sites (N-methyl/N-ethyl adjacent to an activating group) is 1. The quantitative estimate of drug-likeness (QED) is 0.400. The molecule has 1 amide bonds. The topological polar surface area (TPSA) is 126 Å². The molecule has 0 spiro atoms. The smallest absolute Gasteiger partial charge is 0.360 e. The predicted molar refractivity (Wildman–Crippen MR) is 150 cm³/mol. The lowest BCUT2D eigenvalue weighted by molar-refractivity contribution is -0.130. The Labute approximate surface area is 233 Å². The molecule has 10 nitrogen and oxygen atoms in total. The van der Waals surface area contributed by atoms with Crippen LogP contribution in [0.25, 0.3) is 11.0 Å². The molecule has 2 N–H and O–H groups in total. The first kappa shape index (κ1) is 26.9. The molecule has 40 heavy (non-hydrogen) atoms. The number of hydrogen-bond donors (Lipinski definition) is 2. The third kappa shape index (κ3) is 5.13. The molecule has 2 aliphatic heterocycles. The fraction of sp³-hybridized carbons (Fsp3) is 0.633. The summed E-state index contributed by atoms with van der Waals surface area (Å²) in [4.78, 5) is 50.0. The van der Waals surface area contributed by atoms with E-state index in [2.05, 4.69) is 20.4 Å². The van der Waals surface area contributed by atoms with E-state index in [0.717, 1.165) is 37.5 Å². The van der Waals surface area contributed by atoms with Crippen LogP contribution in [-0.4, -0.2) is 68.9 Å². The molecule has 2 saturated carbocycles. The number of carboxylic acids is 1. The highest BCUT2D eigenvalue weighted by Crippen LogP contribution is 2.47. The summed E-state index contributed by atoms with van der Waals surface area (Å²) in [6.07, 6.45) is 13.4. The van der Waals surface area contributed by atoms with Crippen LogP contribution in [0.1, 0.15) is 82.4 Å². The van der Waals surface area contributed by atoms with Crippen LogP contribution in [0.2, 0.25) is 0 Å². The van der Waals surface area contributed by atoms with Gasteiger partial charge in [0, 0.05) is 31.2 Å². The maximum absolute atomic E-state index is 14.0. The van der Waals surface area contributed by atoms with Crippen LogP contribution in [0.15, 0.2) is 34.2 Å². The summed E-state index contributed by atoms with van der Waals surface area (Å²) in [7, 11) is 1.44. The van der Waals surface area contributed by atoms with E-state index in [1.165, 1.54) is 52.0 Å². The van der Waals surface area contributed by atoms with E-state index in [1.807, 2.05) is 18.2 Å². The van der Waals surface area contributed by atoms with Crippen molar-refractivity contribution in [3.8, 4) is 0 Å². The number of carboxylic acid groups (broad SMARTS) is 1. The number of benzene rings is 1. The van der Waals surface area contributed by atoms with Gasteiger partial charge < -0.3 is 19.8 Å². The number of aliphatic carboxylic acids is 1. The Morgan fingerprint density at radius 2 is 1.65 bits per heavy atom. The zero-order valence-corrected chi connectivity index (χ0v) is 23.1. The molecule has 2 saturated heterocycles. The summed E-state index contributed by atoms with van der Waals surface area (Å²) in [5.41, 5.74) is -0.108. The fourth-order valence-corrected chi connectivity index (χ4v) is 8.22. The average Bonchev–Trinajstić information content (AvgIpc) is 2.94. The van der Waals surface area contributed by atoms with Gasteiger partial charge >= 0.3 is 5.97 Å². The number of carbonyl (C=O) groups is 2. The monoisotopic (exact) mass is 549 g/mol. The van der Waals surface area contributed by atoms with E-state index < -0.39 is 29.8 Å². The third-order valence-corrected chi connectivity index (χ3v) is 9.75. The number of hydrogen-bond acceptors (Lipinski definition) is 7. The standard InChI is InChI=1S/C30H39N5O5/c1-31-26(36)17-40-33-28(30(38)39)27-29(37)35(25-11-3-2-10-24(25)32-27)23-15-20-8-5-9-21(16-23)34(20)22-13-18-6-4-7-19(12-18)14-22/h2-3,10-11,18-23H,4-9,12-17H2,1H3,(H,31,36)(H,38,39)/b33-28-/t18?,19?,20-,21+,22?,23?. The van der Waals surface area contributed by atoms with Crippen molar-refractivity contribution in [2.75, 3.05) is 13.7 Å². The number of para-hydroxylation sites is 2. The highest BCUT2D eigenvalue weighted by molar-refractivity contribution is 6.41. The average molecular weight is 550 g/mol. The minimum absolute atomic E-state index is 0.0596. The molecule has 2 aliphatic carbocycles. The van der Waals surface area contributed by atoms with Gasteiger partial charge in [-0.05, 0) is 68.9 Å². The molecule has 1 aromatic carbocycles. The van der Waals surface area contributed by atoms with Crippen LogP contribution in [0.4, 0.5) is 0 Å². The maximum atomic E-state index is 14.0. The molecule has 10 heteroatoms. The van der Waals surface area contributed by atoms with Gasteiger partial charge in [0.05, 0.1) is 11.0 Å². The highest BCUT2D eigenvalue weighted by Gasteiger charge is 2.45. The van der Waals surface area contributed by atoms with Crippen LogP contribution in [0.5, 0.6) is 0 Å². The van der Waals surface area contributed by atoms with E-state index in [9.17, 15) is 19.5 Å². The molecule has 4 fully saturated rings. The van der Waals surface area contributed by atoms with E-state index in [0.29, 0.717) is 29.2 Å². The fourth-order valence-electron chi connectivity index (χ4n) is 8.22. The Bertz CT molecular complexity index is 1350. The van der Waals surface area contributed by atoms with Crippen LogP contribution in [-0.2, 0) is 14.4 Å². The Kier molecular flexibility index (Phi) is 7.61. The number of rotatable bonds is 7. The molecule has 4 aliphatic rings. The molecule has 3 unspecified atom stereocenters. The summed E-state index contributed by atoms with van der Waals surface area (Å²) >= 11 is 0. The zero-order valence-electron chi connectivity index (χ0n) is 23.1. The van der Waals surface area contributed by atoms with E-state index >= 15 is 0 Å². The number of piperidine rings is 2. The molecule has 3 heterocycles. The van der Waals surface area contributed by atoms with Crippen molar-refractivity contribution in [3.05, 3.63) is 40.3 Å². The molecule has 0 radical (unpaired) electrons. The lowest BCUT2D eigenvalue weighted by Crippen LogP contribution is -2.58. The normalized spacial score (nSPS) is 30.6. The minimum atomic E-state index is -1.43. The molecule has 6 rings (SSSR count). The Morgan fingerprint density at radius 1 is 0.975 bits per heavy atom. The van der Waals surface area contributed by atoms with Crippen molar-refractivity contribution in [3.63, 3.8) is 0 Å². The van der Waals surface area contributed by atoms with Gasteiger partial charge in [0.25, 0.3) is 11.5 Å². The second kappa shape index (κ2) is 11.3. The number of aromatic nitrogens is 2. The molecule has 214 valence electrons. The van der Waals surface area contributed by atoms with Crippen LogP contribution in [0.3, 0.4) is 0 Å². The van der Waals surface area contributed by atoms with Gasteiger partial charge in [-0.1, -0.05) is 43.0 Å². The van der Waals surface area contributed by atoms with Gasteiger partial charge in [-0.2, -0.15) is 0 Å². The summed E-state index contributed by atoms with van der Waals surface area (Å²) in [5.74, 6) is -0.163. The molecule has 4 bridgehead atoms. The first-order valence-corrected chi connectivity index (χ1v) is 14.9. The molecular formula is C30H39N5O5. The number of carbonyl (C=O) groups excluding carboxylic acids is 1. The van der Waals surface area contributed by atoms with E-state index in [4.69, 9.17) is 4.84 Å². The molecule has 2 aromatic rings. The molecule has 5 atom stereocenters. The first-order valence-electron chi connectivity index (χ1n) is 14.9.